The maximum Gasteiger partial charge on any atom is 0.179 e. The molecule has 8 nitrogen and oxygen atoms in total. The summed E-state index contributed by atoms with van der Waals surface area (Å²) in [5.74, 6) is 0.392. The standard InChI is InChI=1S/C23H26FN7O/c1-3-30-23(27-13-29-30)21-18(15-6-4-14(5-7-15)10-25-2)8-16-11-28-31(24)19-9-17(32)12-26-22(21)20(16)19/h4-7,9,13,18,21,25,28H,3,8,10-12H2,1-2H3. The Hall–Kier alpha value is -3.17. The lowest BCUT2D eigenvalue weighted by molar-refractivity contribution is -0.113. The minimum Gasteiger partial charge on any atom is -0.316 e. The average Bonchev–Trinajstić information content (AvgIpc) is 3.20. The van der Waals surface area contributed by atoms with Gasteiger partial charge in [0.05, 0.1) is 11.6 Å². The molecule has 2 N–H and O–H groups in total. The van der Waals surface area contributed by atoms with Crippen molar-refractivity contribution in [2.45, 2.75) is 38.3 Å². The molecule has 1 aliphatic carbocycles. The molecule has 2 atom stereocenters. The van der Waals surface area contributed by atoms with Crippen molar-refractivity contribution < 1.29 is 9.28 Å². The van der Waals surface area contributed by atoms with Gasteiger partial charge in [0.25, 0.3) is 0 Å². The molecule has 2 unspecified atom stereocenters. The fraction of sp³-hybridized carbons (Fsp3) is 0.391. The first-order chi connectivity index (χ1) is 15.6. The van der Waals surface area contributed by atoms with Gasteiger partial charge in [-0.25, -0.2) is 15.1 Å². The van der Waals surface area contributed by atoms with Gasteiger partial charge in [-0.15, -0.1) is 5.23 Å². The summed E-state index contributed by atoms with van der Waals surface area (Å²) in [6, 6.07) is 8.56. The molecule has 0 spiro atoms. The second kappa shape index (κ2) is 8.40. The van der Waals surface area contributed by atoms with E-state index in [1.165, 1.54) is 17.2 Å². The zero-order valence-corrected chi connectivity index (χ0v) is 18.2. The van der Waals surface area contributed by atoms with Gasteiger partial charge >= 0.3 is 0 Å². The maximum absolute atomic E-state index is 14.7. The monoisotopic (exact) mass is 435 g/mol. The normalized spacial score (nSPS) is 23.0. The number of carbonyl (C=O) groups is 1. The molecule has 0 saturated heterocycles. The first-order valence-electron chi connectivity index (χ1n) is 10.9. The second-order valence-corrected chi connectivity index (χ2v) is 8.29. The van der Waals surface area contributed by atoms with Crippen LogP contribution in [0.3, 0.4) is 0 Å². The number of hydrogen-bond donors (Lipinski definition) is 2. The molecule has 32 heavy (non-hydrogen) atoms. The topological polar surface area (TPSA) is 87.4 Å². The highest BCUT2D eigenvalue weighted by atomic mass is 19.2. The number of benzene rings is 1. The van der Waals surface area contributed by atoms with Crippen molar-refractivity contribution in [2.75, 3.05) is 20.1 Å². The van der Waals surface area contributed by atoms with E-state index in [1.54, 1.807) is 6.33 Å². The van der Waals surface area contributed by atoms with E-state index in [-0.39, 0.29) is 29.9 Å². The third-order valence-electron chi connectivity index (χ3n) is 6.39. The average molecular weight is 436 g/mol. The van der Waals surface area contributed by atoms with Gasteiger partial charge in [-0.3, -0.25) is 9.79 Å². The van der Waals surface area contributed by atoms with E-state index in [9.17, 15) is 9.28 Å². The largest absolute Gasteiger partial charge is 0.316 e. The molecule has 0 fully saturated rings. The third kappa shape index (κ3) is 3.47. The smallest absolute Gasteiger partial charge is 0.179 e. The summed E-state index contributed by atoms with van der Waals surface area (Å²) in [7, 11) is 1.93. The van der Waals surface area contributed by atoms with Crippen LogP contribution in [0.5, 0.6) is 0 Å². The molecule has 0 radical (unpaired) electrons. The lowest BCUT2D eigenvalue weighted by atomic mass is 9.69. The molecule has 2 aromatic rings. The molecule has 9 heteroatoms. The van der Waals surface area contributed by atoms with Crippen molar-refractivity contribution in [2.24, 2.45) is 4.99 Å². The fourth-order valence-electron chi connectivity index (χ4n) is 4.96. The van der Waals surface area contributed by atoms with Crippen molar-refractivity contribution in [1.29, 1.82) is 0 Å². The Labute approximate surface area is 185 Å². The van der Waals surface area contributed by atoms with Gasteiger partial charge in [-0.05, 0) is 37.1 Å². The lowest BCUT2D eigenvalue weighted by Gasteiger charge is -2.39. The SMILES string of the molecule is CCn1ncnc1C1C2=NCC(=O)C=C3C2=C(CNN3F)CC1c1ccc(CNC)cc1. The van der Waals surface area contributed by atoms with Gasteiger partial charge in [0, 0.05) is 37.2 Å². The minimum absolute atomic E-state index is 0.00591. The summed E-state index contributed by atoms with van der Waals surface area (Å²) in [6.07, 6.45) is 3.62. The molecule has 1 aromatic heterocycles. The number of hydrogen-bond acceptors (Lipinski definition) is 7. The number of rotatable bonds is 5. The Morgan fingerprint density at radius 3 is 2.84 bits per heavy atom. The number of carbonyl (C=O) groups excluding carboxylic acids is 1. The first-order valence-corrected chi connectivity index (χ1v) is 10.9. The van der Waals surface area contributed by atoms with Gasteiger partial charge in [-0.2, -0.15) is 5.10 Å². The number of aryl methyl sites for hydroxylation is 1. The highest BCUT2D eigenvalue weighted by Crippen LogP contribution is 2.47. The molecule has 5 rings (SSSR count). The van der Waals surface area contributed by atoms with Crippen molar-refractivity contribution >= 4 is 11.5 Å². The van der Waals surface area contributed by atoms with Crippen LogP contribution < -0.4 is 10.7 Å². The first kappa shape index (κ1) is 20.7. The number of nitrogens with zero attached hydrogens (tertiary/aromatic N) is 5. The van der Waals surface area contributed by atoms with E-state index in [1.807, 2.05) is 18.7 Å². The zero-order valence-electron chi connectivity index (χ0n) is 18.2. The van der Waals surface area contributed by atoms with Crippen LogP contribution in [0, 0.1) is 0 Å². The Balaban J connectivity index is 1.68. The number of nitrogens with one attached hydrogen (secondary N) is 2. The van der Waals surface area contributed by atoms with Crippen LogP contribution in [0.1, 0.15) is 42.1 Å². The van der Waals surface area contributed by atoms with Crippen LogP contribution in [0.2, 0.25) is 0 Å². The summed E-state index contributed by atoms with van der Waals surface area (Å²) < 4.78 is 16.6. The van der Waals surface area contributed by atoms with Crippen molar-refractivity contribution in [3.63, 3.8) is 0 Å². The quantitative estimate of drug-likeness (QED) is 0.701. The van der Waals surface area contributed by atoms with E-state index in [4.69, 9.17) is 4.99 Å². The Bertz CT molecular complexity index is 1130. The molecular formula is C23H26FN7O. The summed E-state index contributed by atoms with van der Waals surface area (Å²) in [4.78, 5) is 21.7. The van der Waals surface area contributed by atoms with Crippen LogP contribution in [0.15, 0.2) is 58.5 Å². The highest BCUT2D eigenvalue weighted by Gasteiger charge is 2.44. The van der Waals surface area contributed by atoms with E-state index < -0.39 is 0 Å². The Kier molecular flexibility index (Phi) is 5.44. The minimum atomic E-state index is -0.229. The summed E-state index contributed by atoms with van der Waals surface area (Å²) >= 11 is 0. The van der Waals surface area contributed by atoms with Crippen LogP contribution in [-0.4, -0.2) is 51.6 Å². The van der Waals surface area contributed by atoms with Gasteiger partial charge in [0.15, 0.2) is 5.78 Å². The van der Waals surface area contributed by atoms with E-state index in [2.05, 4.69) is 45.1 Å². The van der Waals surface area contributed by atoms with Gasteiger partial charge in [0.2, 0.25) is 0 Å². The second-order valence-electron chi connectivity index (χ2n) is 8.29. The third-order valence-corrected chi connectivity index (χ3v) is 6.39. The molecule has 0 saturated carbocycles. The van der Waals surface area contributed by atoms with Crippen molar-refractivity contribution in [3.8, 4) is 0 Å². The molecule has 2 aliphatic heterocycles. The van der Waals surface area contributed by atoms with E-state index in [0.717, 1.165) is 29.2 Å². The molecule has 0 bridgehead atoms. The van der Waals surface area contributed by atoms with Crippen LogP contribution >= 0.6 is 0 Å². The van der Waals surface area contributed by atoms with Gasteiger partial charge < -0.3 is 5.32 Å². The Morgan fingerprint density at radius 2 is 2.09 bits per heavy atom. The molecule has 0 amide bonds. The molecule has 1 aromatic carbocycles. The van der Waals surface area contributed by atoms with Crippen molar-refractivity contribution in [1.82, 2.24) is 30.7 Å². The zero-order chi connectivity index (χ0) is 22.2. The highest BCUT2D eigenvalue weighted by molar-refractivity contribution is 6.13. The lowest BCUT2D eigenvalue weighted by Crippen LogP contribution is -2.43. The maximum atomic E-state index is 14.7. The fourth-order valence-corrected chi connectivity index (χ4v) is 4.96. The Morgan fingerprint density at radius 1 is 1.28 bits per heavy atom. The molecular weight excluding hydrogens is 409 g/mol. The number of aliphatic imine (C=N–C) groups is 1. The van der Waals surface area contributed by atoms with Crippen molar-refractivity contribution in [3.05, 3.63) is 70.5 Å². The number of ketones is 1. The predicted molar refractivity (Wildman–Crippen MR) is 118 cm³/mol. The predicted octanol–water partition coefficient (Wildman–Crippen LogP) is 2.20. The van der Waals surface area contributed by atoms with Gasteiger partial charge in [0.1, 0.15) is 24.4 Å². The van der Waals surface area contributed by atoms with Crippen LogP contribution in [0.4, 0.5) is 4.48 Å². The summed E-state index contributed by atoms with van der Waals surface area (Å²) in [6.45, 7) is 3.85. The van der Waals surface area contributed by atoms with E-state index in [0.29, 0.717) is 24.7 Å². The number of allylic oxidation sites excluding steroid dienone is 1. The van der Waals surface area contributed by atoms with Crippen LogP contribution in [0.25, 0.3) is 0 Å². The molecule has 3 heterocycles. The summed E-state index contributed by atoms with van der Waals surface area (Å²) in [5, 5.41) is 8.01. The summed E-state index contributed by atoms with van der Waals surface area (Å²) in [5.41, 5.74) is 7.87. The number of hydrazine groups is 1. The number of halogens is 1. The number of aromatic nitrogens is 3. The molecule has 3 aliphatic rings. The van der Waals surface area contributed by atoms with Gasteiger partial charge in [-0.1, -0.05) is 28.7 Å². The van der Waals surface area contributed by atoms with E-state index >= 15 is 0 Å². The van der Waals surface area contributed by atoms with Crippen LogP contribution in [-0.2, 0) is 17.9 Å². The molecule has 166 valence electrons.